The molecule has 0 atom stereocenters. The van der Waals surface area contributed by atoms with Crippen molar-refractivity contribution in [2.75, 3.05) is 23.9 Å². The van der Waals surface area contributed by atoms with E-state index in [0.29, 0.717) is 17.1 Å². The van der Waals surface area contributed by atoms with Crippen molar-refractivity contribution in [1.29, 1.82) is 0 Å². The van der Waals surface area contributed by atoms with Crippen LogP contribution in [-0.4, -0.2) is 27.0 Å². The maximum atomic E-state index is 11.7. The summed E-state index contributed by atoms with van der Waals surface area (Å²) in [5.74, 6) is 0.877. The van der Waals surface area contributed by atoms with Crippen LogP contribution in [0.4, 0.5) is 5.69 Å². The first-order valence-corrected chi connectivity index (χ1v) is 9.16. The molecule has 0 saturated carbocycles. The molecule has 20 heavy (non-hydrogen) atoms. The Kier molecular flexibility index (Phi) is 5.09. The highest BCUT2D eigenvalue weighted by molar-refractivity contribution is 7.99. The molecule has 3 nitrogen and oxygen atoms in total. The minimum Gasteiger partial charge on any atom is -0.383 e. The van der Waals surface area contributed by atoms with E-state index in [9.17, 15) is 8.42 Å². The molecule has 2 aromatic carbocycles. The van der Waals surface area contributed by atoms with Gasteiger partial charge in [0.25, 0.3) is 0 Å². The maximum absolute atomic E-state index is 11.7. The van der Waals surface area contributed by atoms with Crippen molar-refractivity contribution in [1.82, 2.24) is 0 Å². The van der Waals surface area contributed by atoms with Crippen molar-refractivity contribution in [2.24, 2.45) is 0 Å². The van der Waals surface area contributed by atoms with Gasteiger partial charge in [0, 0.05) is 23.4 Å². The number of rotatable bonds is 6. The lowest BCUT2D eigenvalue weighted by Gasteiger charge is -2.10. The maximum Gasteiger partial charge on any atom is 0.177 e. The molecular weight excluding hydrogens is 290 g/mol. The summed E-state index contributed by atoms with van der Waals surface area (Å²) in [6.45, 7) is 0.714. The van der Waals surface area contributed by atoms with Gasteiger partial charge in [-0.15, -0.1) is 11.8 Å². The molecule has 0 aliphatic carbocycles. The summed E-state index contributed by atoms with van der Waals surface area (Å²) in [5.41, 5.74) is 0.670. The van der Waals surface area contributed by atoms with Crippen molar-refractivity contribution in [2.45, 2.75) is 9.79 Å². The second kappa shape index (κ2) is 6.81. The molecule has 2 rings (SSSR count). The summed E-state index contributed by atoms with van der Waals surface area (Å²) in [7, 11) is -3.19. The lowest BCUT2D eigenvalue weighted by atomic mass is 10.3. The standard InChI is InChI=1S/C15H17NO2S2/c1-20(17,18)15-10-6-5-9-14(15)16-11-12-19-13-7-3-2-4-8-13/h2-10,16H,11-12H2,1H3. The van der Waals surface area contributed by atoms with E-state index in [1.807, 2.05) is 24.3 Å². The predicted octanol–water partition coefficient (Wildman–Crippen LogP) is 3.29. The number of hydrogen-bond donors (Lipinski definition) is 1. The molecule has 2 aromatic rings. The summed E-state index contributed by atoms with van der Waals surface area (Å²) in [6.07, 6.45) is 1.23. The van der Waals surface area contributed by atoms with Crippen LogP contribution in [-0.2, 0) is 9.84 Å². The zero-order chi connectivity index (χ0) is 14.4. The van der Waals surface area contributed by atoms with Crippen molar-refractivity contribution in [3.05, 3.63) is 54.6 Å². The summed E-state index contributed by atoms with van der Waals surface area (Å²) in [5, 5.41) is 3.19. The Morgan fingerprint density at radius 3 is 2.35 bits per heavy atom. The van der Waals surface area contributed by atoms with Crippen LogP contribution in [0.25, 0.3) is 0 Å². The van der Waals surface area contributed by atoms with Crippen molar-refractivity contribution in [3.8, 4) is 0 Å². The fourth-order valence-corrected chi connectivity index (χ4v) is 3.46. The van der Waals surface area contributed by atoms with Gasteiger partial charge in [-0.3, -0.25) is 0 Å². The molecule has 5 heteroatoms. The first-order chi connectivity index (χ1) is 9.57. The van der Waals surface area contributed by atoms with Gasteiger partial charge in [0.15, 0.2) is 9.84 Å². The molecular formula is C15H17NO2S2. The Hall–Kier alpha value is -1.46. The fourth-order valence-electron chi connectivity index (χ4n) is 1.81. The van der Waals surface area contributed by atoms with Crippen LogP contribution in [0.2, 0.25) is 0 Å². The van der Waals surface area contributed by atoms with Crippen molar-refractivity contribution >= 4 is 27.3 Å². The molecule has 0 unspecified atom stereocenters. The quantitative estimate of drug-likeness (QED) is 0.657. The van der Waals surface area contributed by atoms with E-state index in [1.165, 1.54) is 11.2 Å². The Morgan fingerprint density at radius 1 is 1.00 bits per heavy atom. The van der Waals surface area contributed by atoms with Gasteiger partial charge < -0.3 is 5.32 Å². The Bertz CT molecular complexity index is 655. The molecule has 106 valence electrons. The van der Waals surface area contributed by atoms with Crippen LogP contribution in [0.5, 0.6) is 0 Å². The summed E-state index contributed by atoms with van der Waals surface area (Å²) in [6, 6.07) is 17.1. The van der Waals surface area contributed by atoms with Gasteiger partial charge >= 0.3 is 0 Å². The molecule has 0 spiro atoms. The van der Waals surface area contributed by atoms with Crippen molar-refractivity contribution in [3.63, 3.8) is 0 Å². The highest BCUT2D eigenvalue weighted by Gasteiger charge is 2.11. The van der Waals surface area contributed by atoms with Gasteiger partial charge in [-0.05, 0) is 24.3 Å². The molecule has 0 aromatic heterocycles. The average molecular weight is 307 g/mol. The minimum absolute atomic E-state index is 0.352. The second-order valence-electron chi connectivity index (χ2n) is 4.36. The SMILES string of the molecule is CS(=O)(=O)c1ccccc1NCCSc1ccccc1. The lowest BCUT2D eigenvalue weighted by molar-refractivity contribution is 0.602. The summed E-state index contributed by atoms with van der Waals surface area (Å²) < 4.78 is 23.3. The molecule has 0 radical (unpaired) electrons. The van der Waals surface area contributed by atoms with E-state index in [2.05, 4.69) is 17.4 Å². The molecule has 1 N–H and O–H groups in total. The van der Waals surface area contributed by atoms with Crippen LogP contribution in [0, 0.1) is 0 Å². The Labute approximate surface area is 124 Å². The minimum atomic E-state index is -3.19. The zero-order valence-electron chi connectivity index (χ0n) is 11.2. The van der Waals surface area contributed by atoms with Gasteiger partial charge in [-0.1, -0.05) is 30.3 Å². The second-order valence-corrected chi connectivity index (χ2v) is 7.51. The third-order valence-corrected chi connectivity index (χ3v) is 4.88. The van der Waals surface area contributed by atoms with Gasteiger partial charge in [0.1, 0.15) is 0 Å². The number of sulfone groups is 1. The van der Waals surface area contributed by atoms with E-state index in [1.54, 1.807) is 30.0 Å². The number of anilines is 1. The molecule has 0 fully saturated rings. The third kappa shape index (κ3) is 4.28. The number of para-hydroxylation sites is 1. The molecule has 0 aliphatic rings. The van der Waals surface area contributed by atoms with Crippen LogP contribution >= 0.6 is 11.8 Å². The molecule has 0 aliphatic heterocycles. The van der Waals surface area contributed by atoms with E-state index in [0.717, 1.165) is 5.75 Å². The largest absolute Gasteiger partial charge is 0.383 e. The normalized spacial score (nSPS) is 11.2. The number of thioether (sulfide) groups is 1. The highest BCUT2D eigenvalue weighted by atomic mass is 32.2. The van der Waals surface area contributed by atoms with E-state index in [4.69, 9.17) is 0 Å². The van der Waals surface area contributed by atoms with Crippen LogP contribution < -0.4 is 5.32 Å². The monoisotopic (exact) mass is 307 g/mol. The van der Waals surface area contributed by atoms with E-state index < -0.39 is 9.84 Å². The van der Waals surface area contributed by atoms with Gasteiger partial charge in [0.2, 0.25) is 0 Å². The summed E-state index contributed by atoms with van der Waals surface area (Å²) >= 11 is 1.74. The van der Waals surface area contributed by atoms with Gasteiger partial charge in [-0.2, -0.15) is 0 Å². The van der Waals surface area contributed by atoms with Gasteiger partial charge in [0.05, 0.1) is 10.6 Å². The fraction of sp³-hybridized carbons (Fsp3) is 0.200. The van der Waals surface area contributed by atoms with Crippen LogP contribution in [0.1, 0.15) is 0 Å². The highest BCUT2D eigenvalue weighted by Crippen LogP contribution is 2.21. The number of hydrogen-bond acceptors (Lipinski definition) is 4. The number of benzene rings is 2. The average Bonchev–Trinajstić information content (AvgIpc) is 2.44. The summed E-state index contributed by atoms with van der Waals surface area (Å²) in [4.78, 5) is 1.57. The third-order valence-electron chi connectivity index (χ3n) is 2.72. The smallest absolute Gasteiger partial charge is 0.177 e. The first kappa shape index (κ1) is 14.9. The molecule has 0 saturated heterocycles. The molecule has 0 amide bonds. The number of nitrogens with one attached hydrogen (secondary N) is 1. The molecule has 0 bridgehead atoms. The van der Waals surface area contributed by atoms with Gasteiger partial charge in [-0.25, -0.2) is 8.42 Å². The van der Waals surface area contributed by atoms with E-state index >= 15 is 0 Å². The van der Waals surface area contributed by atoms with Crippen molar-refractivity contribution < 1.29 is 8.42 Å². The Balaban J connectivity index is 1.92. The first-order valence-electron chi connectivity index (χ1n) is 6.28. The van der Waals surface area contributed by atoms with E-state index in [-0.39, 0.29) is 0 Å². The zero-order valence-corrected chi connectivity index (χ0v) is 12.9. The lowest BCUT2D eigenvalue weighted by Crippen LogP contribution is -2.08. The van der Waals surface area contributed by atoms with Crippen LogP contribution in [0.3, 0.4) is 0 Å². The molecule has 0 heterocycles. The van der Waals surface area contributed by atoms with Crippen LogP contribution in [0.15, 0.2) is 64.4 Å². The predicted molar refractivity (Wildman–Crippen MR) is 85.2 cm³/mol. The topological polar surface area (TPSA) is 46.2 Å². The Morgan fingerprint density at radius 2 is 1.65 bits per heavy atom.